The van der Waals surface area contributed by atoms with Gasteiger partial charge in [-0.25, -0.2) is 8.78 Å². The molecule has 2 rings (SSSR count). The zero-order valence-electron chi connectivity index (χ0n) is 11.4. The topological polar surface area (TPSA) is 29.3 Å². The van der Waals surface area contributed by atoms with E-state index < -0.39 is 0 Å². The van der Waals surface area contributed by atoms with Gasteiger partial charge in [-0.05, 0) is 54.4 Å². The highest BCUT2D eigenvalue weighted by Gasteiger charge is 2.09. The van der Waals surface area contributed by atoms with E-state index in [0.717, 1.165) is 23.4 Å². The molecule has 0 aliphatic rings. The molecule has 0 saturated heterocycles. The summed E-state index contributed by atoms with van der Waals surface area (Å²) in [5, 5.41) is 0. The smallest absolute Gasteiger partial charge is 0.123 e. The third kappa shape index (κ3) is 3.33. The number of benzene rings is 2. The van der Waals surface area contributed by atoms with Crippen LogP contribution in [0.2, 0.25) is 0 Å². The standard InChI is InChI=1S/C16H18F2N2/c1-2-20(16-7-5-14(17)6-8-16)11-12-3-4-15(18)9-13(12)10-19/h3-9H,2,10-11,19H2,1H3. The normalized spacial score (nSPS) is 10.6. The van der Waals surface area contributed by atoms with E-state index in [4.69, 9.17) is 5.73 Å². The third-order valence-electron chi connectivity index (χ3n) is 3.32. The first-order valence-electron chi connectivity index (χ1n) is 6.62. The van der Waals surface area contributed by atoms with Crippen molar-refractivity contribution in [2.45, 2.75) is 20.0 Å². The summed E-state index contributed by atoms with van der Waals surface area (Å²) in [6, 6.07) is 11.0. The molecule has 4 heteroatoms. The van der Waals surface area contributed by atoms with E-state index in [0.29, 0.717) is 13.1 Å². The molecule has 0 radical (unpaired) electrons. The zero-order chi connectivity index (χ0) is 14.5. The predicted molar refractivity (Wildman–Crippen MR) is 77.4 cm³/mol. The van der Waals surface area contributed by atoms with E-state index in [1.165, 1.54) is 24.3 Å². The summed E-state index contributed by atoms with van der Waals surface area (Å²) in [5.41, 5.74) is 8.38. The summed E-state index contributed by atoms with van der Waals surface area (Å²) in [7, 11) is 0. The van der Waals surface area contributed by atoms with Crippen molar-refractivity contribution >= 4 is 5.69 Å². The van der Waals surface area contributed by atoms with Crippen LogP contribution in [0.25, 0.3) is 0 Å². The molecule has 0 aliphatic heterocycles. The number of rotatable bonds is 5. The molecule has 0 saturated carbocycles. The lowest BCUT2D eigenvalue weighted by Crippen LogP contribution is -2.23. The Balaban J connectivity index is 2.24. The Morgan fingerprint density at radius 2 is 1.60 bits per heavy atom. The highest BCUT2D eigenvalue weighted by Crippen LogP contribution is 2.20. The number of nitrogens with zero attached hydrogens (tertiary/aromatic N) is 1. The van der Waals surface area contributed by atoms with Gasteiger partial charge in [0.15, 0.2) is 0 Å². The van der Waals surface area contributed by atoms with Crippen LogP contribution in [0, 0.1) is 11.6 Å². The van der Waals surface area contributed by atoms with Gasteiger partial charge in [-0.2, -0.15) is 0 Å². The van der Waals surface area contributed by atoms with Crippen LogP contribution < -0.4 is 10.6 Å². The highest BCUT2D eigenvalue weighted by atomic mass is 19.1. The fourth-order valence-corrected chi connectivity index (χ4v) is 2.18. The average molecular weight is 276 g/mol. The molecule has 2 aromatic rings. The first-order chi connectivity index (χ1) is 9.63. The van der Waals surface area contributed by atoms with Gasteiger partial charge in [0, 0.05) is 25.3 Å². The minimum absolute atomic E-state index is 0.255. The van der Waals surface area contributed by atoms with E-state index in [9.17, 15) is 8.78 Å². The van der Waals surface area contributed by atoms with Crippen LogP contribution in [0.1, 0.15) is 18.1 Å². The molecule has 0 fully saturated rings. The van der Waals surface area contributed by atoms with Crippen molar-refractivity contribution < 1.29 is 8.78 Å². The van der Waals surface area contributed by atoms with Gasteiger partial charge in [-0.1, -0.05) is 6.07 Å². The second kappa shape index (κ2) is 6.48. The molecule has 20 heavy (non-hydrogen) atoms. The Hall–Kier alpha value is -1.94. The quantitative estimate of drug-likeness (QED) is 0.906. The van der Waals surface area contributed by atoms with Gasteiger partial charge in [0.2, 0.25) is 0 Å². The molecule has 0 atom stereocenters. The van der Waals surface area contributed by atoms with Crippen molar-refractivity contribution in [2.24, 2.45) is 5.73 Å². The Morgan fingerprint density at radius 1 is 0.950 bits per heavy atom. The van der Waals surface area contributed by atoms with E-state index in [1.807, 2.05) is 6.92 Å². The molecule has 2 aromatic carbocycles. The Labute approximate surface area is 117 Å². The first kappa shape index (κ1) is 14.5. The maximum atomic E-state index is 13.2. The fraction of sp³-hybridized carbons (Fsp3) is 0.250. The molecule has 0 amide bonds. The van der Waals surface area contributed by atoms with Gasteiger partial charge in [0.05, 0.1) is 0 Å². The molecule has 0 aromatic heterocycles. The second-order valence-electron chi connectivity index (χ2n) is 4.61. The van der Waals surface area contributed by atoms with Crippen molar-refractivity contribution in [1.82, 2.24) is 0 Å². The lowest BCUT2D eigenvalue weighted by molar-refractivity contribution is 0.623. The lowest BCUT2D eigenvalue weighted by atomic mass is 10.1. The fourth-order valence-electron chi connectivity index (χ4n) is 2.18. The van der Waals surface area contributed by atoms with Crippen LogP contribution in [0.3, 0.4) is 0 Å². The summed E-state index contributed by atoms with van der Waals surface area (Å²) < 4.78 is 26.2. The number of anilines is 1. The minimum atomic E-state index is -0.279. The summed E-state index contributed by atoms with van der Waals surface area (Å²) in [4.78, 5) is 2.09. The summed E-state index contributed by atoms with van der Waals surface area (Å²) >= 11 is 0. The summed E-state index contributed by atoms with van der Waals surface area (Å²) in [5.74, 6) is -0.534. The van der Waals surface area contributed by atoms with Crippen molar-refractivity contribution in [3.05, 3.63) is 65.2 Å². The number of hydrogen-bond acceptors (Lipinski definition) is 2. The molecule has 2 nitrogen and oxygen atoms in total. The van der Waals surface area contributed by atoms with E-state index in [1.54, 1.807) is 18.2 Å². The van der Waals surface area contributed by atoms with Gasteiger partial charge in [0.1, 0.15) is 11.6 Å². The number of hydrogen-bond donors (Lipinski definition) is 1. The summed E-state index contributed by atoms with van der Waals surface area (Å²) in [6.45, 7) is 3.71. The van der Waals surface area contributed by atoms with E-state index in [-0.39, 0.29) is 11.6 Å². The SMILES string of the molecule is CCN(Cc1ccc(F)cc1CN)c1ccc(F)cc1. The van der Waals surface area contributed by atoms with Gasteiger partial charge in [-0.3, -0.25) is 0 Å². The summed E-state index contributed by atoms with van der Waals surface area (Å²) in [6.07, 6.45) is 0. The van der Waals surface area contributed by atoms with Crippen molar-refractivity contribution in [1.29, 1.82) is 0 Å². The van der Waals surface area contributed by atoms with Crippen LogP contribution in [0.15, 0.2) is 42.5 Å². The Morgan fingerprint density at radius 3 is 2.20 bits per heavy atom. The second-order valence-corrected chi connectivity index (χ2v) is 4.61. The van der Waals surface area contributed by atoms with E-state index in [2.05, 4.69) is 4.90 Å². The van der Waals surface area contributed by atoms with Crippen molar-refractivity contribution in [3.63, 3.8) is 0 Å². The van der Waals surface area contributed by atoms with Gasteiger partial charge in [-0.15, -0.1) is 0 Å². The van der Waals surface area contributed by atoms with Crippen LogP contribution in [-0.2, 0) is 13.1 Å². The molecule has 2 N–H and O–H groups in total. The first-order valence-corrected chi connectivity index (χ1v) is 6.62. The maximum absolute atomic E-state index is 13.2. The van der Waals surface area contributed by atoms with Crippen LogP contribution in [0.5, 0.6) is 0 Å². The molecular weight excluding hydrogens is 258 g/mol. The lowest BCUT2D eigenvalue weighted by Gasteiger charge is -2.24. The molecule has 0 aliphatic carbocycles. The van der Waals surface area contributed by atoms with E-state index >= 15 is 0 Å². The van der Waals surface area contributed by atoms with Crippen molar-refractivity contribution in [2.75, 3.05) is 11.4 Å². The molecule has 0 heterocycles. The average Bonchev–Trinajstić information content (AvgIpc) is 2.47. The highest BCUT2D eigenvalue weighted by molar-refractivity contribution is 5.47. The monoisotopic (exact) mass is 276 g/mol. The number of halogens is 2. The Kier molecular flexibility index (Phi) is 4.69. The molecular formula is C16H18F2N2. The van der Waals surface area contributed by atoms with Crippen LogP contribution in [-0.4, -0.2) is 6.54 Å². The molecule has 0 spiro atoms. The third-order valence-corrected chi connectivity index (χ3v) is 3.32. The van der Waals surface area contributed by atoms with Crippen LogP contribution >= 0.6 is 0 Å². The van der Waals surface area contributed by atoms with Gasteiger partial charge < -0.3 is 10.6 Å². The van der Waals surface area contributed by atoms with Gasteiger partial charge in [0.25, 0.3) is 0 Å². The maximum Gasteiger partial charge on any atom is 0.123 e. The number of nitrogens with two attached hydrogens (primary N) is 1. The largest absolute Gasteiger partial charge is 0.367 e. The van der Waals surface area contributed by atoms with Crippen molar-refractivity contribution in [3.8, 4) is 0 Å². The minimum Gasteiger partial charge on any atom is -0.367 e. The van der Waals surface area contributed by atoms with Crippen LogP contribution in [0.4, 0.5) is 14.5 Å². The molecule has 106 valence electrons. The molecule has 0 bridgehead atoms. The van der Waals surface area contributed by atoms with Gasteiger partial charge >= 0.3 is 0 Å². The predicted octanol–water partition coefficient (Wildman–Crippen LogP) is 3.45. The zero-order valence-corrected chi connectivity index (χ0v) is 11.4. The Bertz CT molecular complexity index is 567. The molecule has 0 unspecified atom stereocenters.